The molecular formula is C21H20N2O2. The molecule has 0 radical (unpaired) electrons. The first-order chi connectivity index (χ1) is 12.3. The Bertz CT molecular complexity index is 846. The van der Waals surface area contributed by atoms with Crippen molar-refractivity contribution in [2.75, 3.05) is 5.73 Å². The molecule has 0 saturated heterocycles. The number of nitrogens with two attached hydrogens (primary N) is 1. The van der Waals surface area contributed by atoms with Crippen LogP contribution in [0.4, 0.5) is 5.88 Å². The summed E-state index contributed by atoms with van der Waals surface area (Å²) in [5.74, 6) is 1.07. The van der Waals surface area contributed by atoms with Crippen LogP contribution in [0.25, 0.3) is 0 Å². The Balaban J connectivity index is 1.48. The lowest BCUT2D eigenvalue weighted by Gasteiger charge is -2.07. The minimum Gasteiger partial charge on any atom is -0.489 e. The van der Waals surface area contributed by atoms with Gasteiger partial charge in [0, 0.05) is 5.56 Å². The number of hydrogen-bond acceptors (Lipinski definition) is 4. The van der Waals surface area contributed by atoms with E-state index in [0.29, 0.717) is 12.2 Å². The van der Waals surface area contributed by atoms with Crippen LogP contribution in [-0.2, 0) is 19.4 Å². The standard InChI is InChI=1S/C21H20N2O2/c22-13-20-18(15-25-21(20)23)8-4-7-16-9-11-19(12-10-16)24-14-17-5-2-1-3-6-17/h1-3,5-6,9-12,15H,4,7-8,14,23H2. The normalized spacial score (nSPS) is 10.4. The molecule has 2 N–H and O–H groups in total. The van der Waals surface area contributed by atoms with Crippen LogP contribution in [-0.4, -0.2) is 0 Å². The smallest absolute Gasteiger partial charge is 0.208 e. The van der Waals surface area contributed by atoms with Crippen LogP contribution in [0, 0.1) is 11.3 Å². The summed E-state index contributed by atoms with van der Waals surface area (Å²) in [5.41, 5.74) is 9.35. The van der Waals surface area contributed by atoms with E-state index in [0.717, 1.165) is 36.1 Å². The van der Waals surface area contributed by atoms with Gasteiger partial charge < -0.3 is 14.9 Å². The monoisotopic (exact) mass is 332 g/mol. The van der Waals surface area contributed by atoms with Crippen molar-refractivity contribution in [2.24, 2.45) is 0 Å². The summed E-state index contributed by atoms with van der Waals surface area (Å²) in [6.45, 7) is 0.568. The Morgan fingerprint density at radius 3 is 2.44 bits per heavy atom. The first kappa shape index (κ1) is 16.7. The van der Waals surface area contributed by atoms with Gasteiger partial charge in [0.1, 0.15) is 24.0 Å². The van der Waals surface area contributed by atoms with Gasteiger partial charge >= 0.3 is 0 Å². The average molecular weight is 332 g/mol. The number of anilines is 1. The summed E-state index contributed by atoms with van der Waals surface area (Å²) >= 11 is 0. The number of benzene rings is 2. The molecule has 1 aromatic heterocycles. The molecule has 0 amide bonds. The minimum atomic E-state index is 0.206. The Morgan fingerprint density at radius 1 is 0.960 bits per heavy atom. The predicted molar refractivity (Wildman–Crippen MR) is 97.1 cm³/mol. The quantitative estimate of drug-likeness (QED) is 0.692. The van der Waals surface area contributed by atoms with Gasteiger partial charge in [-0.05, 0) is 42.5 Å². The number of aryl methyl sites for hydroxylation is 2. The van der Waals surface area contributed by atoms with Crippen LogP contribution in [0.2, 0.25) is 0 Å². The van der Waals surface area contributed by atoms with Gasteiger partial charge in [-0.25, -0.2) is 0 Å². The first-order valence-corrected chi connectivity index (χ1v) is 8.28. The molecule has 3 rings (SSSR count). The second kappa shape index (κ2) is 8.07. The van der Waals surface area contributed by atoms with Crippen molar-refractivity contribution in [2.45, 2.75) is 25.9 Å². The highest BCUT2D eigenvalue weighted by Crippen LogP contribution is 2.21. The molecule has 0 unspecified atom stereocenters. The van der Waals surface area contributed by atoms with E-state index in [9.17, 15) is 0 Å². The van der Waals surface area contributed by atoms with Gasteiger partial charge in [0.15, 0.2) is 0 Å². The predicted octanol–water partition coefficient (Wildman–Crippen LogP) is 4.49. The zero-order chi connectivity index (χ0) is 17.5. The van der Waals surface area contributed by atoms with E-state index >= 15 is 0 Å². The van der Waals surface area contributed by atoms with Crippen molar-refractivity contribution < 1.29 is 9.15 Å². The molecule has 0 aliphatic heterocycles. The van der Waals surface area contributed by atoms with E-state index in [2.05, 4.69) is 18.2 Å². The molecule has 0 fully saturated rings. The maximum atomic E-state index is 9.06. The Hall–Kier alpha value is -3.19. The maximum absolute atomic E-state index is 9.06. The highest BCUT2D eigenvalue weighted by Gasteiger charge is 2.10. The van der Waals surface area contributed by atoms with E-state index in [1.165, 1.54) is 5.56 Å². The molecule has 4 nitrogen and oxygen atoms in total. The van der Waals surface area contributed by atoms with Gasteiger partial charge in [0.2, 0.25) is 5.88 Å². The van der Waals surface area contributed by atoms with E-state index in [1.807, 2.05) is 42.5 Å². The summed E-state index contributed by atoms with van der Waals surface area (Å²) in [6, 6.07) is 20.3. The molecule has 3 aromatic rings. The van der Waals surface area contributed by atoms with Crippen LogP contribution < -0.4 is 10.5 Å². The molecule has 25 heavy (non-hydrogen) atoms. The number of hydrogen-bond donors (Lipinski definition) is 1. The number of nitriles is 1. The fourth-order valence-corrected chi connectivity index (χ4v) is 2.70. The summed E-state index contributed by atoms with van der Waals surface area (Å²) in [6.07, 6.45) is 4.21. The van der Waals surface area contributed by atoms with Gasteiger partial charge in [0.05, 0.1) is 6.26 Å². The van der Waals surface area contributed by atoms with E-state index < -0.39 is 0 Å². The molecule has 1 heterocycles. The lowest BCUT2D eigenvalue weighted by molar-refractivity contribution is 0.306. The summed E-state index contributed by atoms with van der Waals surface area (Å²) in [4.78, 5) is 0. The highest BCUT2D eigenvalue weighted by atomic mass is 16.5. The third kappa shape index (κ3) is 4.42. The van der Waals surface area contributed by atoms with E-state index in [-0.39, 0.29) is 5.88 Å². The van der Waals surface area contributed by atoms with Gasteiger partial charge in [-0.3, -0.25) is 0 Å². The van der Waals surface area contributed by atoms with E-state index in [1.54, 1.807) is 6.26 Å². The first-order valence-electron chi connectivity index (χ1n) is 8.28. The minimum absolute atomic E-state index is 0.206. The lowest BCUT2D eigenvalue weighted by atomic mass is 10.0. The second-order valence-electron chi connectivity index (χ2n) is 5.88. The fourth-order valence-electron chi connectivity index (χ4n) is 2.70. The zero-order valence-corrected chi connectivity index (χ0v) is 13.9. The molecule has 0 spiro atoms. The largest absolute Gasteiger partial charge is 0.489 e. The number of nitrogens with zero attached hydrogens (tertiary/aromatic N) is 1. The van der Waals surface area contributed by atoms with Crippen molar-refractivity contribution in [3.63, 3.8) is 0 Å². The van der Waals surface area contributed by atoms with Crippen molar-refractivity contribution in [3.8, 4) is 11.8 Å². The third-order valence-corrected chi connectivity index (χ3v) is 4.09. The van der Waals surface area contributed by atoms with Gasteiger partial charge in [-0.15, -0.1) is 0 Å². The van der Waals surface area contributed by atoms with Gasteiger partial charge in [-0.1, -0.05) is 42.5 Å². The SMILES string of the molecule is N#Cc1c(CCCc2ccc(OCc3ccccc3)cc2)coc1N. The van der Waals surface area contributed by atoms with Crippen LogP contribution in [0.3, 0.4) is 0 Å². The number of furan rings is 1. The highest BCUT2D eigenvalue weighted by molar-refractivity contribution is 5.51. The Labute approximate surface area is 147 Å². The van der Waals surface area contributed by atoms with Gasteiger partial charge in [-0.2, -0.15) is 5.26 Å². The number of nitrogen functional groups attached to an aromatic ring is 1. The zero-order valence-electron chi connectivity index (χ0n) is 13.9. The van der Waals surface area contributed by atoms with Crippen LogP contribution in [0.15, 0.2) is 65.3 Å². The van der Waals surface area contributed by atoms with Crippen molar-refractivity contribution in [1.82, 2.24) is 0 Å². The van der Waals surface area contributed by atoms with Gasteiger partial charge in [0.25, 0.3) is 0 Å². The molecule has 0 atom stereocenters. The van der Waals surface area contributed by atoms with Crippen LogP contribution in [0.5, 0.6) is 5.75 Å². The Kier molecular flexibility index (Phi) is 5.38. The summed E-state index contributed by atoms with van der Waals surface area (Å²) in [7, 11) is 0. The van der Waals surface area contributed by atoms with E-state index in [4.69, 9.17) is 20.1 Å². The number of rotatable bonds is 7. The average Bonchev–Trinajstić information content (AvgIpc) is 3.01. The topological polar surface area (TPSA) is 72.2 Å². The molecule has 0 saturated carbocycles. The molecule has 2 aromatic carbocycles. The molecule has 0 bridgehead atoms. The summed E-state index contributed by atoms with van der Waals surface area (Å²) < 4.78 is 10.9. The lowest BCUT2D eigenvalue weighted by Crippen LogP contribution is -1.96. The molecule has 126 valence electrons. The molecule has 0 aliphatic rings. The fraction of sp³-hybridized carbons (Fsp3) is 0.190. The van der Waals surface area contributed by atoms with Crippen LogP contribution in [0.1, 0.15) is 28.7 Å². The van der Waals surface area contributed by atoms with Crippen molar-refractivity contribution in [3.05, 3.63) is 83.1 Å². The third-order valence-electron chi connectivity index (χ3n) is 4.09. The maximum Gasteiger partial charge on any atom is 0.208 e. The van der Waals surface area contributed by atoms with Crippen LogP contribution >= 0.6 is 0 Å². The summed E-state index contributed by atoms with van der Waals surface area (Å²) in [5, 5.41) is 9.06. The second-order valence-corrected chi connectivity index (χ2v) is 5.88. The molecule has 0 aliphatic carbocycles. The van der Waals surface area contributed by atoms with Crippen molar-refractivity contribution >= 4 is 5.88 Å². The Morgan fingerprint density at radius 2 is 1.72 bits per heavy atom. The molecular weight excluding hydrogens is 312 g/mol. The number of ether oxygens (including phenoxy) is 1. The van der Waals surface area contributed by atoms with Crippen molar-refractivity contribution in [1.29, 1.82) is 5.26 Å². The molecule has 4 heteroatoms.